The Labute approximate surface area is 160 Å². The highest BCUT2D eigenvalue weighted by Crippen LogP contribution is 2.26. The molecule has 0 saturated carbocycles. The number of nitrogens with zero attached hydrogens (tertiary/aromatic N) is 2. The van der Waals surface area contributed by atoms with Crippen LogP contribution in [-0.2, 0) is 0 Å². The van der Waals surface area contributed by atoms with E-state index in [1.54, 1.807) is 18.2 Å². The Balaban J connectivity index is 1.68. The van der Waals surface area contributed by atoms with Crippen molar-refractivity contribution < 1.29 is 14.4 Å². The number of hydrogen-bond acceptors (Lipinski definition) is 4. The molecule has 0 aliphatic carbocycles. The second-order valence-electron chi connectivity index (χ2n) is 7.42. The molecule has 0 bridgehead atoms. The zero-order valence-electron chi connectivity index (χ0n) is 16.3. The van der Waals surface area contributed by atoms with E-state index >= 15 is 0 Å². The summed E-state index contributed by atoms with van der Waals surface area (Å²) in [6.07, 6.45) is 3.69. The molecule has 2 aliphatic heterocycles. The number of hydrogen-bond donors (Lipinski definition) is 1. The Bertz CT molecular complexity index is 723. The topological polar surface area (TPSA) is 69.7 Å². The number of imide groups is 1. The monoisotopic (exact) mass is 371 g/mol. The van der Waals surface area contributed by atoms with Crippen LogP contribution in [0.2, 0.25) is 0 Å². The largest absolute Gasteiger partial charge is 0.339 e. The molecule has 0 aromatic heterocycles. The van der Waals surface area contributed by atoms with Crippen LogP contribution in [0.25, 0.3) is 0 Å². The summed E-state index contributed by atoms with van der Waals surface area (Å²) in [5.74, 6) is 0.0430. The van der Waals surface area contributed by atoms with Crippen molar-refractivity contribution in [3.8, 4) is 0 Å². The molecule has 1 saturated heterocycles. The summed E-state index contributed by atoms with van der Waals surface area (Å²) in [5.41, 5.74) is 1.28. The Morgan fingerprint density at radius 2 is 1.81 bits per heavy atom. The maximum atomic E-state index is 12.9. The summed E-state index contributed by atoms with van der Waals surface area (Å²) in [7, 11) is 0. The molecular weight excluding hydrogens is 342 g/mol. The molecule has 0 atom stereocenters. The molecular formula is C21H29N3O3. The van der Waals surface area contributed by atoms with Gasteiger partial charge in [0.25, 0.3) is 17.7 Å². The van der Waals surface area contributed by atoms with Gasteiger partial charge >= 0.3 is 0 Å². The van der Waals surface area contributed by atoms with Gasteiger partial charge in [-0.3, -0.25) is 19.3 Å². The highest BCUT2D eigenvalue weighted by molar-refractivity contribution is 6.22. The van der Waals surface area contributed by atoms with E-state index in [0.717, 1.165) is 51.9 Å². The lowest BCUT2D eigenvalue weighted by atomic mass is 9.96. The van der Waals surface area contributed by atoms with Gasteiger partial charge < -0.3 is 10.2 Å². The fourth-order valence-electron chi connectivity index (χ4n) is 3.81. The molecule has 0 radical (unpaired) electrons. The molecule has 2 aliphatic rings. The van der Waals surface area contributed by atoms with Crippen LogP contribution in [0.15, 0.2) is 18.2 Å². The van der Waals surface area contributed by atoms with Crippen molar-refractivity contribution >= 4 is 17.7 Å². The van der Waals surface area contributed by atoms with Gasteiger partial charge in [0.15, 0.2) is 0 Å². The Hall–Kier alpha value is -2.21. The number of rotatable bonds is 7. The smallest absolute Gasteiger partial charge is 0.261 e. The number of carbonyl (C=O) groups excluding carboxylic acids is 3. The molecule has 1 N–H and O–H groups in total. The SMILES string of the molecule is CCCCN1C(=O)c2ccc(C(=O)N3CCC(CNCC)CC3)cc2C1=O. The second kappa shape index (κ2) is 8.65. The van der Waals surface area contributed by atoms with Crippen LogP contribution in [0, 0.1) is 5.92 Å². The van der Waals surface area contributed by atoms with Crippen LogP contribution < -0.4 is 5.32 Å². The van der Waals surface area contributed by atoms with E-state index in [2.05, 4.69) is 12.2 Å². The molecule has 146 valence electrons. The van der Waals surface area contributed by atoms with Crippen molar-refractivity contribution in [2.45, 2.75) is 39.5 Å². The quantitative estimate of drug-likeness (QED) is 0.748. The summed E-state index contributed by atoms with van der Waals surface area (Å²) in [4.78, 5) is 41.0. The van der Waals surface area contributed by atoms with Gasteiger partial charge in [-0.05, 0) is 56.5 Å². The molecule has 0 spiro atoms. The van der Waals surface area contributed by atoms with Crippen LogP contribution in [-0.4, -0.2) is 60.2 Å². The molecule has 3 amide bonds. The molecule has 0 unspecified atom stereocenters. The van der Waals surface area contributed by atoms with E-state index in [-0.39, 0.29) is 17.7 Å². The molecule has 6 heteroatoms. The first-order valence-corrected chi connectivity index (χ1v) is 10.1. The first-order chi connectivity index (χ1) is 13.1. The van der Waals surface area contributed by atoms with Crippen LogP contribution in [0.1, 0.15) is 70.6 Å². The van der Waals surface area contributed by atoms with Crippen LogP contribution in [0.5, 0.6) is 0 Å². The number of fused-ring (bicyclic) bond motifs is 1. The lowest BCUT2D eigenvalue weighted by Crippen LogP contribution is -2.40. The summed E-state index contributed by atoms with van der Waals surface area (Å²) in [6.45, 7) is 8.00. The van der Waals surface area contributed by atoms with Gasteiger partial charge in [0, 0.05) is 25.2 Å². The molecule has 1 aromatic carbocycles. The molecule has 3 rings (SSSR count). The number of amides is 3. The number of unbranched alkanes of at least 4 members (excludes halogenated alkanes) is 1. The molecule has 27 heavy (non-hydrogen) atoms. The number of likely N-dealkylation sites (tertiary alicyclic amines) is 1. The van der Waals surface area contributed by atoms with E-state index in [1.165, 1.54) is 4.90 Å². The first-order valence-electron chi connectivity index (χ1n) is 10.1. The standard InChI is InChI=1S/C21H29N3O3/c1-3-5-10-24-20(26)17-7-6-16(13-18(17)21(24)27)19(25)23-11-8-15(9-12-23)14-22-4-2/h6-7,13,15,22H,3-5,8-12,14H2,1-2H3. The van der Waals surface area contributed by atoms with Gasteiger partial charge in [-0.25, -0.2) is 0 Å². The van der Waals surface area contributed by atoms with E-state index in [1.807, 2.05) is 11.8 Å². The highest BCUT2D eigenvalue weighted by atomic mass is 16.2. The molecule has 6 nitrogen and oxygen atoms in total. The maximum absolute atomic E-state index is 12.9. The van der Waals surface area contributed by atoms with E-state index in [0.29, 0.717) is 29.2 Å². The zero-order chi connectivity index (χ0) is 19.4. The van der Waals surface area contributed by atoms with Crippen LogP contribution in [0.3, 0.4) is 0 Å². The molecule has 2 heterocycles. The van der Waals surface area contributed by atoms with E-state index in [9.17, 15) is 14.4 Å². The van der Waals surface area contributed by atoms with Gasteiger partial charge in [0.2, 0.25) is 0 Å². The third-order valence-electron chi connectivity index (χ3n) is 5.54. The van der Waals surface area contributed by atoms with Gasteiger partial charge in [-0.15, -0.1) is 0 Å². The second-order valence-corrected chi connectivity index (χ2v) is 7.42. The summed E-state index contributed by atoms with van der Waals surface area (Å²) >= 11 is 0. The number of nitrogens with one attached hydrogen (secondary N) is 1. The van der Waals surface area contributed by atoms with Crippen molar-refractivity contribution in [3.05, 3.63) is 34.9 Å². The Morgan fingerprint density at radius 1 is 1.11 bits per heavy atom. The molecule has 1 fully saturated rings. The minimum atomic E-state index is -0.276. The fraction of sp³-hybridized carbons (Fsp3) is 0.571. The van der Waals surface area contributed by atoms with E-state index in [4.69, 9.17) is 0 Å². The van der Waals surface area contributed by atoms with E-state index < -0.39 is 0 Å². The van der Waals surface area contributed by atoms with Gasteiger partial charge in [-0.1, -0.05) is 20.3 Å². The van der Waals surface area contributed by atoms with Crippen molar-refractivity contribution in [2.75, 3.05) is 32.7 Å². The van der Waals surface area contributed by atoms with Crippen molar-refractivity contribution in [3.63, 3.8) is 0 Å². The predicted octanol–water partition coefficient (Wildman–Crippen LogP) is 2.54. The van der Waals surface area contributed by atoms with Gasteiger partial charge in [0.05, 0.1) is 11.1 Å². The Kier molecular flexibility index (Phi) is 6.26. The minimum Gasteiger partial charge on any atom is -0.339 e. The third kappa shape index (κ3) is 4.05. The van der Waals surface area contributed by atoms with Gasteiger partial charge in [0.1, 0.15) is 0 Å². The first kappa shape index (κ1) is 19.5. The zero-order valence-corrected chi connectivity index (χ0v) is 16.3. The fourth-order valence-corrected chi connectivity index (χ4v) is 3.81. The van der Waals surface area contributed by atoms with Crippen molar-refractivity contribution in [2.24, 2.45) is 5.92 Å². The Morgan fingerprint density at radius 3 is 2.48 bits per heavy atom. The lowest BCUT2D eigenvalue weighted by Gasteiger charge is -2.32. The van der Waals surface area contributed by atoms with Crippen molar-refractivity contribution in [1.82, 2.24) is 15.1 Å². The summed E-state index contributed by atoms with van der Waals surface area (Å²) < 4.78 is 0. The van der Waals surface area contributed by atoms with Crippen LogP contribution >= 0.6 is 0 Å². The normalized spacial score (nSPS) is 17.6. The minimum absolute atomic E-state index is 0.0491. The highest BCUT2D eigenvalue weighted by Gasteiger charge is 2.36. The summed E-state index contributed by atoms with van der Waals surface area (Å²) in [5, 5.41) is 3.37. The number of piperidine rings is 1. The predicted molar refractivity (Wildman–Crippen MR) is 104 cm³/mol. The number of benzene rings is 1. The van der Waals surface area contributed by atoms with Crippen LogP contribution in [0.4, 0.5) is 0 Å². The average molecular weight is 371 g/mol. The lowest BCUT2D eigenvalue weighted by molar-refractivity contribution is 0.0651. The van der Waals surface area contributed by atoms with Crippen molar-refractivity contribution in [1.29, 1.82) is 0 Å². The number of carbonyl (C=O) groups is 3. The van der Waals surface area contributed by atoms with Gasteiger partial charge in [-0.2, -0.15) is 0 Å². The summed E-state index contributed by atoms with van der Waals surface area (Å²) in [6, 6.07) is 4.92. The third-order valence-corrected chi connectivity index (χ3v) is 5.54. The molecule has 1 aromatic rings. The average Bonchev–Trinajstić information content (AvgIpc) is 2.94. The maximum Gasteiger partial charge on any atom is 0.261 e.